The second-order valence-corrected chi connectivity index (χ2v) is 8.62. The number of amides is 1. The molecule has 1 atom stereocenters. The van der Waals surface area contributed by atoms with Gasteiger partial charge in [-0.25, -0.2) is 4.79 Å². The molecule has 0 radical (unpaired) electrons. The number of benzene rings is 1. The van der Waals surface area contributed by atoms with Crippen LogP contribution in [-0.4, -0.2) is 62.3 Å². The van der Waals surface area contributed by atoms with Gasteiger partial charge in [-0.3, -0.25) is 19.1 Å². The molecule has 1 fully saturated rings. The Morgan fingerprint density at radius 2 is 2.09 bits per heavy atom. The minimum atomic E-state index is -0.591. The van der Waals surface area contributed by atoms with Gasteiger partial charge in [-0.15, -0.1) is 10.2 Å². The van der Waals surface area contributed by atoms with Crippen molar-refractivity contribution in [3.05, 3.63) is 62.7 Å². The number of hydrogen-bond acceptors (Lipinski definition) is 8. The molecule has 1 amide bonds. The highest BCUT2D eigenvalue weighted by Crippen LogP contribution is 2.25. The van der Waals surface area contributed by atoms with Crippen molar-refractivity contribution in [2.24, 2.45) is 0 Å². The van der Waals surface area contributed by atoms with Gasteiger partial charge in [0, 0.05) is 37.0 Å². The van der Waals surface area contributed by atoms with Crippen molar-refractivity contribution in [3.8, 4) is 11.4 Å². The number of carbonyl (C=O) groups excluding carboxylic acids is 1. The van der Waals surface area contributed by atoms with Crippen molar-refractivity contribution in [1.29, 1.82) is 0 Å². The van der Waals surface area contributed by atoms with Crippen LogP contribution >= 0.6 is 11.8 Å². The normalized spacial score (nSPS) is 15.4. The van der Waals surface area contributed by atoms with E-state index < -0.39 is 11.2 Å². The van der Waals surface area contributed by atoms with E-state index in [1.54, 1.807) is 4.57 Å². The number of aromatic amines is 2. The van der Waals surface area contributed by atoms with E-state index in [9.17, 15) is 14.4 Å². The number of ether oxygens (including phenoxy) is 2. The molecule has 3 aromatic rings. The summed E-state index contributed by atoms with van der Waals surface area (Å²) >= 11 is 1.25. The van der Waals surface area contributed by atoms with E-state index in [4.69, 9.17) is 9.47 Å². The van der Waals surface area contributed by atoms with Gasteiger partial charge in [0.2, 0.25) is 5.91 Å². The number of nitrogens with zero attached hydrogens (tertiary/aromatic N) is 3. The van der Waals surface area contributed by atoms with E-state index in [1.165, 1.54) is 17.8 Å². The summed E-state index contributed by atoms with van der Waals surface area (Å²) in [4.78, 5) is 40.5. The predicted octanol–water partition coefficient (Wildman–Crippen LogP) is 1.02. The molecule has 3 N–H and O–H groups in total. The van der Waals surface area contributed by atoms with Crippen LogP contribution in [0.4, 0.5) is 0 Å². The maximum Gasteiger partial charge on any atom is 0.325 e. The Hall–Kier alpha value is -3.38. The highest BCUT2D eigenvalue weighted by Gasteiger charge is 2.19. The number of nitrogens with one attached hydrogen (secondary N) is 3. The predicted molar refractivity (Wildman–Crippen MR) is 126 cm³/mol. The SMILES string of the molecule is CCOc1ccc(-n2c(Cc3cc(=O)[nH]c(=O)[nH]3)nnc2SCC(=O)NC[C@H]2CCCO2)cc1. The van der Waals surface area contributed by atoms with Crippen LogP contribution in [0.2, 0.25) is 0 Å². The third kappa shape index (κ3) is 6.14. The molecule has 1 aliphatic rings. The number of thioether (sulfide) groups is 1. The van der Waals surface area contributed by atoms with Gasteiger partial charge in [0.15, 0.2) is 5.16 Å². The molecular weight excluding hydrogens is 460 g/mol. The fourth-order valence-corrected chi connectivity index (χ4v) is 4.43. The molecule has 12 heteroatoms. The fraction of sp³-hybridized carbons (Fsp3) is 0.409. The molecule has 34 heavy (non-hydrogen) atoms. The van der Waals surface area contributed by atoms with Crippen LogP contribution < -0.4 is 21.3 Å². The Bertz CT molecular complexity index is 1200. The van der Waals surface area contributed by atoms with E-state index in [0.717, 1.165) is 30.9 Å². The Kier molecular flexibility index (Phi) is 7.80. The lowest BCUT2D eigenvalue weighted by Gasteiger charge is -2.12. The second kappa shape index (κ2) is 11.2. The highest BCUT2D eigenvalue weighted by molar-refractivity contribution is 7.99. The Labute approximate surface area is 199 Å². The first-order valence-corrected chi connectivity index (χ1v) is 12.0. The third-order valence-corrected chi connectivity index (χ3v) is 6.08. The molecule has 0 bridgehead atoms. The average Bonchev–Trinajstić information content (AvgIpc) is 3.46. The second-order valence-electron chi connectivity index (χ2n) is 7.68. The number of rotatable bonds is 10. The first-order chi connectivity index (χ1) is 16.5. The average molecular weight is 487 g/mol. The number of H-pyrrole nitrogens is 2. The van der Waals surface area contributed by atoms with Crippen LogP contribution in [0.3, 0.4) is 0 Å². The summed E-state index contributed by atoms with van der Waals surface area (Å²) in [6.07, 6.45) is 2.21. The highest BCUT2D eigenvalue weighted by atomic mass is 32.2. The van der Waals surface area contributed by atoms with Gasteiger partial charge in [-0.2, -0.15) is 0 Å². The van der Waals surface area contributed by atoms with Crippen molar-refractivity contribution in [2.75, 3.05) is 25.5 Å². The van der Waals surface area contributed by atoms with Gasteiger partial charge in [0.05, 0.1) is 18.5 Å². The van der Waals surface area contributed by atoms with E-state index >= 15 is 0 Å². The molecule has 11 nitrogen and oxygen atoms in total. The molecule has 3 heterocycles. The molecule has 4 rings (SSSR count). The summed E-state index contributed by atoms with van der Waals surface area (Å²) in [5.74, 6) is 1.27. The van der Waals surface area contributed by atoms with Crippen LogP contribution in [-0.2, 0) is 16.0 Å². The van der Waals surface area contributed by atoms with Crippen molar-refractivity contribution in [3.63, 3.8) is 0 Å². The van der Waals surface area contributed by atoms with Crippen LogP contribution in [0, 0.1) is 0 Å². The Morgan fingerprint density at radius 3 is 2.79 bits per heavy atom. The number of carbonyl (C=O) groups is 1. The molecule has 0 unspecified atom stereocenters. The first-order valence-electron chi connectivity index (χ1n) is 11.0. The zero-order valence-corrected chi connectivity index (χ0v) is 19.5. The molecule has 0 aliphatic carbocycles. The number of aromatic nitrogens is 5. The minimum absolute atomic E-state index is 0.0734. The molecule has 2 aromatic heterocycles. The van der Waals surface area contributed by atoms with Gasteiger partial charge >= 0.3 is 5.69 Å². The standard InChI is InChI=1S/C22H26N6O5S/c1-2-32-16-7-5-15(6-8-16)28-18(10-14-11-19(29)25-21(31)24-14)26-27-22(28)34-13-20(30)23-12-17-4-3-9-33-17/h5-8,11,17H,2-4,9-10,12-13H2,1H3,(H,23,30)(H2,24,25,29,31)/t17-/m1/s1. The Balaban J connectivity index is 1.54. The molecular formula is C22H26N6O5S. The third-order valence-electron chi connectivity index (χ3n) is 5.15. The van der Waals surface area contributed by atoms with E-state index in [1.807, 2.05) is 31.2 Å². The van der Waals surface area contributed by atoms with Crippen molar-refractivity contribution in [1.82, 2.24) is 30.0 Å². The van der Waals surface area contributed by atoms with Crippen LogP contribution in [0.5, 0.6) is 5.75 Å². The fourth-order valence-electron chi connectivity index (χ4n) is 3.62. The zero-order chi connectivity index (χ0) is 23.9. The molecule has 1 aromatic carbocycles. The quantitative estimate of drug-likeness (QED) is 0.360. The van der Waals surface area contributed by atoms with Gasteiger partial charge in [-0.1, -0.05) is 11.8 Å². The summed E-state index contributed by atoms with van der Waals surface area (Å²) < 4.78 is 12.9. The van der Waals surface area contributed by atoms with Gasteiger partial charge in [-0.05, 0) is 44.0 Å². The van der Waals surface area contributed by atoms with Crippen LogP contribution in [0.15, 0.2) is 45.1 Å². The lowest BCUT2D eigenvalue weighted by atomic mass is 10.2. The molecule has 180 valence electrons. The minimum Gasteiger partial charge on any atom is -0.494 e. The maximum atomic E-state index is 12.4. The summed E-state index contributed by atoms with van der Waals surface area (Å²) in [5, 5.41) is 11.9. The molecule has 0 spiro atoms. The summed E-state index contributed by atoms with van der Waals surface area (Å²) in [5.41, 5.74) is 0.0765. The Morgan fingerprint density at radius 1 is 1.26 bits per heavy atom. The van der Waals surface area contributed by atoms with Gasteiger partial charge in [0.25, 0.3) is 5.56 Å². The van der Waals surface area contributed by atoms with E-state index in [-0.39, 0.29) is 24.2 Å². The molecule has 1 saturated heterocycles. The zero-order valence-electron chi connectivity index (χ0n) is 18.7. The first kappa shape index (κ1) is 23.8. The maximum absolute atomic E-state index is 12.4. The van der Waals surface area contributed by atoms with Crippen molar-refractivity contribution >= 4 is 17.7 Å². The van der Waals surface area contributed by atoms with Crippen LogP contribution in [0.25, 0.3) is 5.69 Å². The monoisotopic (exact) mass is 486 g/mol. The number of hydrogen-bond donors (Lipinski definition) is 3. The lowest BCUT2D eigenvalue weighted by molar-refractivity contribution is -0.119. The van der Waals surface area contributed by atoms with Gasteiger partial charge < -0.3 is 19.8 Å². The van der Waals surface area contributed by atoms with Gasteiger partial charge in [0.1, 0.15) is 11.6 Å². The summed E-state index contributed by atoms with van der Waals surface area (Å²) in [7, 11) is 0. The molecule has 1 aliphatic heterocycles. The van der Waals surface area contributed by atoms with Crippen molar-refractivity contribution < 1.29 is 14.3 Å². The van der Waals surface area contributed by atoms with Crippen molar-refractivity contribution in [2.45, 2.75) is 37.4 Å². The largest absolute Gasteiger partial charge is 0.494 e. The summed E-state index contributed by atoms with van der Waals surface area (Å²) in [6.45, 7) is 3.69. The van der Waals surface area contributed by atoms with E-state index in [0.29, 0.717) is 29.8 Å². The summed E-state index contributed by atoms with van der Waals surface area (Å²) in [6, 6.07) is 8.70. The lowest BCUT2D eigenvalue weighted by Crippen LogP contribution is -2.32. The van der Waals surface area contributed by atoms with Crippen LogP contribution in [0.1, 0.15) is 31.3 Å². The smallest absolute Gasteiger partial charge is 0.325 e. The van der Waals surface area contributed by atoms with E-state index in [2.05, 4.69) is 25.5 Å². The topological polar surface area (TPSA) is 144 Å². The molecule has 0 saturated carbocycles.